The van der Waals surface area contributed by atoms with Gasteiger partial charge in [0, 0.05) is 25.0 Å². The predicted octanol–water partition coefficient (Wildman–Crippen LogP) is 1.03. The first-order chi connectivity index (χ1) is 9.46. The number of alkyl halides is 3. The molecule has 5 nitrogen and oxygen atoms in total. The number of hydrogen-bond donors (Lipinski definition) is 2. The third-order valence-electron chi connectivity index (χ3n) is 3.69. The molecular weight excluding hydrogens is 287 g/mol. The summed E-state index contributed by atoms with van der Waals surface area (Å²) in [5, 5.41) is 2.82. The fraction of sp³-hybridized carbons (Fsp3) is 0.846. The summed E-state index contributed by atoms with van der Waals surface area (Å²) >= 11 is 0. The maximum atomic E-state index is 12.7. The highest BCUT2D eigenvalue weighted by atomic mass is 19.4. The fourth-order valence-electron chi connectivity index (χ4n) is 2.04. The lowest BCUT2D eigenvalue weighted by Gasteiger charge is -2.37. The summed E-state index contributed by atoms with van der Waals surface area (Å²) in [6, 6.07) is -0.112. The third kappa shape index (κ3) is 4.09. The molecule has 8 heteroatoms. The molecular formula is C13H22F3N3O2. The molecule has 1 saturated heterocycles. The van der Waals surface area contributed by atoms with Crippen molar-refractivity contribution in [3.05, 3.63) is 0 Å². The van der Waals surface area contributed by atoms with E-state index >= 15 is 0 Å². The average molecular weight is 309 g/mol. The molecule has 3 N–H and O–H groups in total. The van der Waals surface area contributed by atoms with Crippen LogP contribution >= 0.6 is 0 Å². The smallest absolute Gasteiger partial charge is 0.353 e. The van der Waals surface area contributed by atoms with Gasteiger partial charge in [0.05, 0.1) is 0 Å². The van der Waals surface area contributed by atoms with E-state index in [2.05, 4.69) is 5.32 Å². The maximum absolute atomic E-state index is 12.7. The quantitative estimate of drug-likeness (QED) is 0.817. The molecule has 1 heterocycles. The fourth-order valence-corrected chi connectivity index (χ4v) is 2.04. The molecule has 0 aromatic rings. The molecule has 1 fully saturated rings. The third-order valence-corrected chi connectivity index (χ3v) is 3.69. The van der Waals surface area contributed by atoms with E-state index in [1.807, 2.05) is 0 Å². The lowest BCUT2D eigenvalue weighted by molar-refractivity contribution is -0.194. The highest BCUT2D eigenvalue weighted by Crippen LogP contribution is 2.30. The first-order valence-corrected chi connectivity index (χ1v) is 6.92. The standard InChI is InChI=1S/C13H22F3N3O2/c1-8(2)10(20)18-9-4-6-19(7-5-9)11(21)12(3,17)13(14,15)16/h8-9H,4-7,17H2,1-3H3,(H,18,20). The van der Waals surface area contributed by atoms with Crippen LogP contribution in [0.25, 0.3) is 0 Å². The lowest BCUT2D eigenvalue weighted by Crippen LogP contribution is -2.63. The second kappa shape index (κ2) is 6.21. The first kappa shape index (κ1) is 17.7. The predicted molar refractivity (Wildman–Crippen MR) is 71.2 cm³/mol. The van der Waals surface area contributed by atoms with E-state index in [0.717, 1.165) is 4.90 Å². The number of carbonyl (C=O) groups is 2. The van der Waals surface area contributed by atoms with Crippen LogP contribution in [0.5, 0.6) is 0 Å². The molecule has 1 aliphatic rings. The zero-order chi connectivity index (χ0) is 16.4. The number of carbonyl (C=O) groups excluding carboxylic acids is 2. The van der Waals surface area contributed by atoms with Crippen LogP contribution < -0.4 is 11.1 Å². The second-order valence-electron chi connectivity index (χ2n) is 5.93. The Morgan fingerprint density at radius 3 is 2.10 bits per heavy atom. The van der Waals surface area contributed by atoms with Gasteiger partial charge in [0.2, 0.25) is 5.91 Å². The molecule has 21 heavy (non-hydrogen) atoms. The van der Waals surface area contributed by atoms with Crippen LogP contribution in [0, 0.1) is 5.92 Å². The maximum Gasteiger partial charge on any atom is 0.415 e. The number of nitrogens with two attached hydrogens (primary N) is 1. The number of likely N-dealkylation sites (tertiary alicyclic amines) is 1. The van der Waals surface area contributed by atoms with Crippen molar-refractivity contribution in [2.75, 3.05) is 13.1 Å². The average Bonchev–Trinajstić information content (AvgIpc) is 2.37. The SMILES string of the molecule is CC(C)C(=O)NC1CCN(C(=O)C(C)(N)C(F)(F)F)CC1. The van der Waals surface area contributed by atoms with Crippen LogP contribution in [0.15, 0.2) is 0 Å². The van der Waals surface area contributed by atoms with E-state index in [1.165, 1.54) is 0 Å². The number of nitrogens with zero attached hydrogens (tertiary/aromatic N) is 1. The van der Waals surface area contributed by atoms with Crippen LogP contribution in [0.1, 0.15) is 33.6 Å². The van der Waals surface area contributed by atoms with Gasteiger partial charge in [-0.15, -0.1) is 0 Å². The van der Waals surface area contributed by atoms with E-state index in [4.69, 9.17) is 5.73 Å². The van der Waals surface area contributed by atoms with Gasteiger partial charge in [0.25, 0.3) is 5.91 Å². The Balaban J connectivity index is 2.57. The Morgan fingerprint density at radius 2 is 1.71 bits per heavy atom. The van der Waals surface area contributed by atoms with Gasteiger partial charge in [-0.1, -0.05) is 13.8 Å². The van der Waals surface area contributed by atoms with E-state index < -0.39 is 17.6 Å². The van der Waals surface area contributed by atoms with Gasteiger partial charge in [0.15, 0.2) is 5.54 Å². The van der Waals surface area contributed by atoms with Crippen LogP contribution in [0.4, 0.5) is 13.2 Å². The number of halogens is 3. The summed E-state index contributed by atoms with van der Waals surface area (Å²) in [5.41, 5.74) is 2.26. The largest absolute Gasteiger partial charge is 0.415 e. The minimum atomic E-state index is -4.78. The molecule has 1 rings (SSSR count). The van der Waals surface area contributed by atoms with Gasteiger partial charge in [-0.05, 0) is 19.8 Å². The Kier molecular flexibility index (Phi) is 5.25. The van der Waals surface area contributed by atoms with Crippen molar-refractivity contribution in [3.63, 3.8) is 0 Å². The zero-order valence-electron chi connectivity index (χ0n) is 12.5. The van der Waals surface area contributed by atoms with Crippen molar-refractivity contribution in [2.45, 2.75) is 51.4 Å². The van der Waals surface area contributed by atoms with E-state index in [1.54, 1.807) is 13.8 Å². The highest BCUT2D eigenvalue weighted by molar-refractivity contribution is 5.86. The molecule has 0 aromatic heterocycles. The van der Waals surface area contributed by atoms with Gasteiger partial charge < -0.3 is 16.0 Å². The monoisotopic (exact) mass is 309 g/mol. The first-order valence-electron chi connectivity index (χ1n) is 6.92. The van der Waals surface area contributed by atoms with Crippen molar-refractivity contribution >= 4 is 11.8 Å². The molecule has 0 saturated carbocycles. The Hall–Kier alpha value is -1.31. The Morgan fingerprint density at radius 1 is 1.24 bits per heavy atom. The minimum Gasteiger partial charge on any atom is -0.353 e. The molecule has 2 amide bonds. The van der Waals surface area contributed by atoms with Gasteiger partial charge in [-0.25, -0.2) is 0 Å². The molecule has 1 aliphatic heterocycles. The summed E-state index contributed by atoms with van der Waals surface area (Å²) in [5.74, 6) is -1.37. The van der Waals surface area contributed by atoms with E-state index in [9.17, 15) is 22.8 Å². The van der Waals surface area contributed by atoms with E-state index in [-0.39, 0.29) is 31.0 Å². The molecule has 0 aliphatic carbocycles. The normalized spacial score (nSPS) is 20.3. The van der Waals surface area contributed by atoms with Crippen molar-refractivity contribution < 1.29 is 22.8 Å². The molecule has 0 aromatic carbocycles. The Labute approximate surface area is 122 Å². The summed E-state index contributed by atoms with van der Waals surface area (Å²) in [6.07, 6.45) is -3.93. The lowest BCUT2D eigenvalue weighted by atomic mass is 9.97. The number of rotatable bonds is 3. The van der Waals surface area contributed by atoms with Crippen LogP contribution in [-0.2, 0) is 9.59 Å². The molecule has 1 unspecified atom stereocenters. The van der Waals surface area contributed by atoms with Gasteiger partial charge in [0.1, 0.15) is 0 Å². The Bertz CT molecular complexity index is 400. The number of nitrogens with one attached hydrogen (secondary N) is 1. The minimum absolute atomic E-state index is 0.0984. The second-order valence-corrected chi connectivity index (χ2v) is 5.93. The topological polar surface area (TPSA) is 75.4 Å². The summed E-state index contributed by atoms with van der Waals surface area (Å²) in [4.78, 5) is 24.6. The number of piperidine rings is 1. The molecule has 0 spiro atoms. The summed E-state index contributed by atoms with van der Waals surface area (Å²) < 4.78 is 38.2. The van der Waals surface area contributed by atoms with Gasteiger partial charge in [-0.2, -0.15) is 13.2 Å². The van der Waals surface area contributed by atoms with Crippen LogP contribution in [0.2, 0.25) is 0 Å². The molecule has 0 bridgehead atoms. The van der Waals surface area contributed by atoms with E-state index in [0.29, 0.717) is 19.8 Å². The van der Waals surface area contributed by atoms with Crippen molar-refractivity contribution in [3.8, 4) is 0 Å². The molecule has 122 valence electrons. The highest BCUT2D eigenvalue weighted by Gasteiger charge is 2.55. The van der Waals surface area contributed by atoms with Gasteiger partial charge in [-0.3, -0.25) is 9.59 Å². The number of amides is 2. The molecule has 0 radical (unpaired) electrons. The number of hydrogen-bond acceptors (Lipinski definition) is 3. The summed E-state index contributed by atoms with van der Waals surface area (Å²) in [6.45, 7) is 4.52. The van der Waals surface area contributed by atoms with Crippen LogP contribution in [-0.4, -0.2) is 47.6 Å². The molecule has 1 atom stereocenters. The van der Waals surface area contributed by atoms with Crippen LogP contribution in [0.3, 0.4) is 0 Å². The summed E-state index contributed by atoms with van der Waals surface area (Å²) in [7, 11) is 0. The van der Waals surface area contributed by atoms with Crippen molar-refractivity contribution in [1.82, 2.24) is 10.2 Å². The zero-order valence-corrected chi connectivity index (χ0v) is 12.5. The van der Waals surface area contributed by atoms with Crippen molar-refractivity contribution in [1.29, 1.82) is 0 Å². The van der Waals surface area contributed by atoms with Crippen molar-refractivity contribution in [2.24, 2.45) is 11.7 Å². The van der Waals surface area contributed by atoms with Gasteiger partial charge >= 0.3 is 6.18 Å².